The zero-order valence-corrected chi connectivity index (χ0v) is 11.8. The number of hydrogen-bond acceptors (Lipinski definition) is 0. The van der Waals surface area contributed by atoms with Gasteiger partial charge in [-0.1, -0.05) is 59.8 Å². The average molecular weight is 227 g/mol. The maximum absolute atomic E-state index is 11.7. The summed E-state index contributed by atoms with van der Waals surface area (Å²) in [5.74, 6) is 1.57. The van der Waals surface area contributed by atoms with Gasteiger partial charge in [0.25, 0.3) is 0 Å². The van der Waals surface area contributed by atoms with Crippen molar-refractivity contribution >= 4 is 0 Å². The van der Waals surface area contributed by atoms with Crippen molar-refractivity contribution in [3.63, 3.8) is 0 Å². The molecule has 1 nitrogen and oxygen atoms in total. The van der Waals surface area contributed by atoms with Crippen molar-refractivity contribution in [3.05, 3.63) is 0 Å². The summed E-state index contributed by atoms with van der Waals surface area (Å²) in [7, 11) is 0. The molecule has 0 fully saturated rings. The predicted molar refractivity (Wildman–Crippen MR) is 71.1 cm³/mol. The Morgan fingerprint density at radius 2 is 1.25 bits per heavy atom. The first-order chi connectivity index (χ1) is 7.60. The molecule has 0 aromatic heterocycles. The first-order valence-corrected chi connectivity index (χ1v) is 7.25. The standard InChI is InChI=1S/C15H31O/c1-5-13(3)9-7-8-10-15(16)12-11-14(4)6-2/h13-15H,5-12H2,1-4H3. The van der Waals surface area contributed by atoms with E-state index >= 15 is 0 Å². The van der Waals surface area contributed by atoms with Crippen LogP contribution in [0, 0.1) is 11.8 Å². The van der Waals surface area contributed by atoms with Gasteiger partial charge < -0.3 is 0 Å². The maximum Gasteiger partial charge on any atom is 0.0930 e. The second-order valence-corrected chi connectivity index (χ2v) is 5.51. The van der Waals surface area contributed by atoms with E-state index in [0.29, 0.717) is 0 Å². The molecule has 16 heavy (non-hydrogen) atoms. The van der Waals surface area contributed by atoms with Gasteiger partial charge >= 0.3 is 0 Å². The van der Waals surface area contributed by atoms with Gasteiger partial charge in [0.05, 0.1) is 6.10 Å². The number of hydrogen-bond donors (Lipinski definition) is 0. The van der Waals surface area contributed by atoms with Crippen LogP contribution in [0.3, 0.4) is 0 Å². The molecule has 3 atom stereocenters. The molecule has 0 aromatic carbocycles. The third-order valence-electron chi connectivity index (χ3n) is 3.85. The zero-order chi connectivity index (χ0) is 12.4. The minimum absolute atomic E-state index is 0.300. The van der Waals surface area contributed by atoms with Gasteiger partial charge in [-0.15, -0.1) is 0 Å². The lowest BCUT2D eigenvalue weighted by Crippen LogP contribution is -2.07. The minimum Gasteiger partial charge on any atom is -0.233 e. The van der Waals surface area contributed by atoms with Crippen LogP contribution in [-0.2, 0) is 5.11 Å². The van der Waals surface area contributed by atoms with Crippen LogP contribution in [-0.4, -0.2) is 6.10 Å². The van der Waals surface area contributed by atoms with E-state index in [4.69, 9.17) is 0 Å². The van der Waals surface area contributed by atoms with Gasteiger partial charge in [0.2, 0.25) is 0 Å². The highest BCUT2D eigenvalue weighted by atomic mass is 16.3. The first-order valence-electron chi connectivity index (χ1n) is 7.25. The molecule has 0 N–H and O–H groups in total. The fourth-order valence-corrected chi connectivity index (χ4v) is 1.89. The summed E-state index contributed by atoms with van der Waals surface area (Å²) < 4.78 is 0. The van der Waals surface area contributed by atoms with Gasteiger partial charge in [-0.25, -0.2) is 5.11 Å². The van der Waals surface area contributed by atoms with E-state index in [-0.39, 0.29) is 6.10 Å². The molecule has 0 saturated carbocycles. The maximum atomic E-state index is 11.7. The van der Waals surface area contributed by atoms with Crippen LogP contribution in [0.4, 0.5) is 0 Å². The summed E-state index contributed by atoms with van der Waals surface area (Å²) in [6.07, 6.45) is 8.77. The van der Waals surface area contributed by atoms with Crippen molar-refractivity contribution in [2.75, 3.05) is 0 Å². The first kappa shape index (κ1) is 16.0. The van der Waals surface area contributed by atoms with E-state index in [2.05, 4.69) is 27.7 Å². The molecule has 1 heteroatoms. The molecule has 97 valence electrons. The number of rotatable bonds is 10. The molecular formula is C15H31O. The van der Waals surface area contributed by atoms with E-state index in [0.717, 1.165) is 37.5 Å². The molecule has 0 rings (SSSR count). The molecular weight excluding hydrogens is 196 g/mol. The Kier molecular flexibility index (Phi) is 10.1. The van der Waals surface area contributed by atoms with E-state index in [1.54, 1.807) is 0 Å². The Labute approximate surface area is 103 Å². The Morgan fingerprint density at radius 3 is 1.81 bits per heavy atom. The normalized spacial score (nSPS) is 17.1. The van der Waals surface area contributed by atoms with Crippen LogP contribution in [0.5, 0.6) is 0 Å². The second-order valence-electron chi connectivity index (χ2n) is 5.51. The van der Waals surface area contributed by atoms with Crippen molar-refractivity contribution < 1.29 is 5.11 Å². The summed E-state index contributed by atoms with van der Waals surface area (Å²) in [4.78, 5) is 0. The number of unbranched alkanes of at least 4 members (excludes halogenated alkanes) is 1. The summed E-state index contributed by atoms with van der Waals surface area (Å²) >= 11 is 0. The fourth-order valence-electron chi connectivity index (χ4n) is 1.89. The van der Waals surface area contributed by atoms with Gasteiger partial charge in [0.1, 0.15) is 0 Å². The van der Waals surface area contributed by atoms with Crippen molar-refractivity contribution in [2.24, 2.45) is 11.8 Å². The molecule has 0 aliphatic heterocycles. The summed E-state index contributed by atoms with van der Waals surface area (Å²) in [5.41, 5.74) is 0. The Hall–Kier alpha value is -0.0400. The lowest BCUT2D eigenvalue weighted by atomic mass is 9.96. The van der Waals surface area contributed by atoms with Gasteiger partial charge in [-0.05, 0) is 31.1 Å². The highest BCUT2D eigenvalue weighted by Gasteiger charge is 2.08. The van der Waals surface area contributed by atoms with Gasteiger partial charge in [-0.3, -0.25) is 0 Å². The largest absolute Gasteiger partial charge is 0.233 e. The van der Waals surface area contributed by atoms with Crippen molar-refractivity contribution in [1.29, 1.82) is 0 Å². The molecule has 0 aliphatic carbocycles. The van der Waals surface area contributed by atoms with Crippen molar-refractivity contribution in [1.82, 2.24) is 0 Å². The monoisotopic (exact) mass is 227 g/mol. The van der Waals surface area contributed by atoms with Crippen LogP contribution in [0.25, 0.3) is 0 Å². The smallest absolute Gasteiger partial charge is 0.0930 e. The molecule has 3 unspecified atom stereocenters. The third kappa shape index (κ3) is 9.21. The van der Waals surface area contributed by atoms with Crippen LogP contribution < -0.4 is 0 Å². The summed E-state index contributed by atoms with van der Waals surface area (Å²) in [6, 6.07) is 0. The highest BCUT2D eigenvalue weighted by Crippen LogP contribution is 2.17. The fraction of sp³-hybridized carbons (Fsp3) is 1.00. The molecule has 0 spiro atoms. The van der Waals surface area contributed by atoms with E-state index < -0.39 is 0 Å². The summed E-state index contributed by atoms with van der Waals surface area (Å²) in [6.45, 7) is 9.00. The van der Waals surface area contributed by atoms with Crippen LogP contribution in [0.1, 0.15) is 79.1 Å². The average Bonchev–Trinajstić information content (AvgIpc) is 2.31. The van der Waals surface area contributed by atoms with E-state index in [1.807, 2.05) is 0 Å². The van der Waals surface area contributed by atoms with Gasteiger partial charge in [0.15, 0.2) is 0 Å². The second kappa shape index (κ2) is 10.1. The summed E-state index contributed by atoms with van der Waals surface area (Å²) in [5, 5.41) is 11.7. The molecule has 0 saturated heterocycles. The zero-order valence-electron chi connectivity index (χ0n) is 11.8. The quantitative estimate of drug-likeness (QED) is 0.456. The Morgan fingerprint density at radius 1 is 0.750 bits per heavy atom. The van der Waals surface area contributed by atoms with E-state index in [1.165, 1.54) is 25.7 Å². The third-order valence-corrected chi connectivity index (χ3v) is 3.85. The van der Waals surface area contributed by atoms with Gasteiger partial charge in [0, 0.05) is 0 Å². The lowest BCUT2D eigenvalue weighted by Gasteiger charge is -2.12. The van der Waals surface area contributed by atoms with E-state index in [9.17, 15) is 5.11 Å². The molecule has 0 aliphatic rings. The van der Waals surface area contributed by atoms with Crippen LogP contribution in [0.2, 0.25) is 0 Å². The minimum atomic E-state index is -0.300. The molecule has 1 radical (unpaired) electrons. The molecule has 0 aromatic rings. The predicted octanol–water partition coefficient (Wildman–Crippen LogP) is 5.22. The molecule has 0 heterocycles. The van der Waals surface area contributed by atoms with Crippen molar-refractivity contribution in [2.45, 2.75) is 85.2 Å². The van der Waals surface area contributed by atoms with Crippen LogP contribution in [0.15, 0.2) is 0 Å². The Balaban J connectivity index is 3.33. The molecule has 0 bridgehead atoms. The molecule has 0 amide bonds. The topological polar surface area (TPSA) is 19.9 Å². The van der Waals surface area contributed by atoms with Gasteiger partial charge in [-0.2, -0.15) is 0 Å². The lowest BCUT2D eigenvalue weighted by molar-refractivity contribution is 0.0655. The Bertz CT molecular complexity index is 144. The SMILES string of the molecule is CCC(C)CCCCC([O])CCC(C)CC. The highest BCUT2D eigenvalue weighted by molar-refractivity contribution is 4.60. The van der Waals surface area contributed by atoms with Crippen LogP contribution >= 0.6 is 0 Å². The van der Waals surface area contributed by atoms with Crippen molar-refractivity contribution in [3.8, 4) is 0 Å².